The molecule has 0 atom stereocenters. The van der Waals surface area contributed by atoms with Crippen molar-refractivity contribution in [3.8, 4) is 0 Å². The third-order valence-electron chi connectivity index (χ3n) is 2.16. The molecule has 0 fully saturated rings. The number of carbonyl (C=O) groups is 1. The molecular formula is C13H10ClNOS. The van der Waals surface area contributed by atoms with Crippen LogP contribution in [0.5, 0.6) is 0 Å². The van der Waals surface area contributed by atoms with Crippen LogP contribution in [0.25, 0.3) is 0 Å². The smallest absolute Gasteiger partial charge is 0.173 e. The van der Waals surface area contributed by atoms with Crippen molar-refractivity contribution in [2.24, 2.45) is 0 Å². The van der Waals surface area contributed by atoms with Gasteiger partial charge in [-0.3, -0.25) is 4.79 Å². The molecule has 0 amide bonds. The lowest BCUT2D eigenvalue weighted by atomic mass is 10.1. The number of rotatable bonds is 4. The Morgan fingerprint density at radius 1 is 1.18 bits per heavy atom. The first-order valence-corrected chi connectivity index (χ1v) is 6.44. The van der Waals surface area contributed by atoms with Gasteiger partial charge in [0.25, 0.3) is 0 Å². The fourth-order valence-electron chi connectivity index (χ4n) is 1.29. The second-order valence-corrected chi connectivity index (χ2v) is 4.82. The summed E-state index contributed by atoms with van der Waals surface area (Å²) in [6.07, 6.45) is 1.72. The van der Waals surface area contributed by atoms with Gasteiger partial charge in [0.15, 0.2) is 5.78 Å². The molecule has 0 spiro atoms. The third kappa shape index (κ3) is 3.58. The van der Waals surface area contributed by atoms with Gasteiger partial charge in [0.05, 0.1) is 10.8 Å². The van der Waals surface area contributed by atoms with Crippen molar-refractivity contribution in [3.63, 3.8) is 0 Å². The summed E-state index contributed by atoms with van der Waals surface area (Å²) in [6, 6.07) is 12.6. The van der Waals surface area contributed by atoms with Crippen LogP contribution >= 0.6 is 23.4 Å². The molecule has 2 aromatic rings. The number of hydrogen-bond acceptors (Lipinski definition) is 3. The molecule has 0 bridgehead atoms. The zero-order valence-corrected chi connectivity index (χ0v) is 10.5. The van der Waals surface area contributed by atoms with Gasteiger partial charge in [-0.05, 0) is 36.4 Å². The Morgan fingerprint density at radius 3 is 2.59 bits per heavy atom. The van der Waals surface area contributed by atoms with Gasteiger partial charge in [0, 0.05) is 16.8 Å². The van der Waals surface area contributed by atoms with Crippen LogP contribution in [-0.4, -0.2) is 16.5 Å². The number of benzene rings is 1. The summed E-state index contributed by atoms with van der Waals surface area (Å²) in [6.45, 7) is 0. The van der Waals surface area contributed by atoms with Gasteiger partial charge >= 0.3 is 0 Å². The first-order valence-electron chi connectivity index (χ1n) is 5.08. The van der Waals surface area contributed by atoms with E-state index in [0.29, 0.717) is 16.3 Å². The van der Waals surface area contributed by atoms with Gasteiger partial charge in [-0.25, -0.2) is 4.98 Å². The van der Waals surface area contributed by atoms with E-state index in [0.717, 1.165) is 5.03 Å². The van der Waals surface area contributed by atoms with E-state index < -0.39 is 0 Å². The van der Waals surface area contributed by atoms with E-state index in [1.54, 1.807) is 30.5 Å². The van der Waals surface area contributed by atoms with E-state index in [-0.39, 0.29) is 5.78 Å². The molecule has 2 rings (SSSR count). The molecule has 0 unspecified atom stereocenters. The Kier molecular flexibility index (Phi) is 4.18. The second kappa shape index (κ2) is 5.84. The molecule has 0 aliphatic carbocycles. The van der Waals surface area contributed by atoms with Gasteiger partial charge in [-0.15, -0.1) is 0 Å². The molecule has 17 heavy (non-hydrogen) atoms. The summed E-state index contributed by atoms with van der Waals surface area (Å²) in [5.41, 5.74) is 0.679. The van der Waals surface area contributed by atoms with Crippen molar-refractivity contribution in [1.29, 1.82) is 0 Å². The van der Waals surface area contributed by atoms with E-state index in [2.05, 4.69) is 4.98 Å². The van der Waals surface area contributed by atoms with E-state index >= 15 is 0 Å². The average molecular weight is 264 g/mol. The number of ketones is 1. The number of Topliss-reactive ketones (excluding diaryl/α,β-unsaturated/α-hetero) is 1. The Balaban J connectivity index is 1.96. The van der Waals surface area contributed by atoms with Crippen LogP contribution in [0.4, 0.5) is 0 Å². The van der Waals surface area contributed by atoms with Crippen LogP contribution in [0.3, 0.4) is 0 Å². The Labute approximate surface area is 109 Å². The first-order chi connectivity index (χ1) is 8.25. The summed E-state index contributed by atoms with van der Waals surface area (Å²) < 4.78 is 0. The van der Waals surface area contributed by atoms with Crippen LogP contribution in [0, 0.1) is 0 Å². The minimum Gasteiger partial charge on any atom is -0.293 e. The fraction of sp³-hybridized carbons (Fsp3) is 0.0769. The molecule has 4 heteroatoms. The lowest BCUT2D eigenvalue weighted by molar-refractivity contribution is 0.102. The number of pyridine rings is 1. The van der Waals surface area contributed by atoms with Gasteiger partial charge in [-0.2, -0.15) is 0 Å². The summed E-state index contributed by atoms with van der Waals surface area (Å²) in [5, 5.41) is 1.49. The molecule has 1 heterocycles. The molecule has 1 aromatic carbocycles. The largest absolute Gasteiger partial charge is 0.293 e. The molecule has 2 nitrogen and oxygen atoms in total. The van der Waals surface area contributed by atoms with Crippen molar-refractivity contribution < 1.29 is 4.79 Å². The lowest BCUT2D eigenvalue weighted by Crippen LogP contribution is -2.02. The maximum atomic E-state index is 11.8. The predicted molar refractivity (Wildman–Crippen MR) is 70.7 cm³/mol. The van der Waals surface area contributed by atoms with Crippen molar-refractivity contribution in [1.82, 2.24) is 4.98 Å². The quantitative estimate of drug-likeness (QED) is 0.622. The summed E-state index contributed by atoms with van der Waals surface area (Å²) in [4.78, 5) is 16.0. The highest BCUT2D eigenvalue weighted by Crippen LogP contribution is 2.17. The highest BCUT2D eigenvalue weighted by Gasteiger charge is 2.06. The van der Waals surface area contributed by atoms with Crippen molar-refractivity contribution in [2.75, 3.05) is 5.75 Å². The average Bonchev–Trinajstić information content (AvgIpc) is 2.38. The van der Waals surface area contributed by atoms with Crippen LogP contribution < -0.4 is 0 Å². The van der Waals surface area contributed by atoms with Crippen molar-refractivity contribution in [2.45, 2.75) is 5.03 Å². The molecule has 0 saturated carbocycles. The topological polar surface area (TPSA) is 30.0 Å². The van der Waals surface area contributed by atoms with Crippen LogP contribution in [0.2, 0.25) is 5.02 Å². The van der Waals surface area contributed by atoms with Crippen molar-refractivity contribution >= 4 is 29.1 Å². The minimum atomic E-state index is 0.0809. The standard InChI is InChI=1S/C13H10ClNOS/c14-11-6-4-10(5-7-11)12(16)9-17-13-3-1-2-8-15-13/h1-8H,9H2. The second-order valence-electron chi connectivity index (χ2n) is 3.39. The SMILES string of the molecule is O=C(CSc1ccccn1)c1ccc(Cl)cc1. The number of carbonyl (C=O) groups excluding carboxylic acids is 1. The summed E-state index contributed by atoms with van der Waals surface area (Å²) >= 11 is 7.20. The zero-order chi connectivity index (χ0) is 12.1. The first kappa shape index (κ1) is 12.1. The number of thioether (sulfide) groups is 1. The number of hydrogen-bond donors (Lipinski definition) is 0. The number of nitrogens with zero attached hydrogens (tertiary/aromatic N) is 1. The van der Waals surface area contributed by atoms with Crippen LogP contribution in [0.1, 0.15) is 10.4 Å². The van der Waals surface area contributed by atoms with Gasteiger partial charge < -0.3 is 0 Å². The maximum absolute atomic E-state index is 11.8. The lowest BCUT2D eigenvalue weighted by Gasteiger charge is -2.01. The highest BCUT2D eigenvalue weighted by atomic mass is 35.5. The molecule has 0 aliphatic rings. The monoisotopic (exact) mass is 263 g/mol. The minimum absolute atomic E-state index is 0.0809. The predicted octanol–water partition coefficient (Wildman–Crippen LogP) is 3.71. The highest BCUT2D eigenvalue weighted by molar-refractivity contribution is 7.99. The van der Waals surface area contributed by atoms with Crippen LogP contribution in [0.15, 0.2) is 53.7 Å². The number of halogens is 1. The molecule has 0 N–H and O–H groups in total. The van der Waals surface area contributed by atoms with Crippen molar-refractivity contribution in [3.05, 3.63) is 59.2 Å². The van der Waals surface area contributed by atoms with Gasteiger partial charge in [0.1, 0.15) is 0 Å². The van der Waals surface area contributed by atoms with E-state index in [1.165, 1.54) is 11.8 Å². The molecular weight excluding hydrogens is 254 g/mol. The zero-order valence-electron chi connectivity index (χ0n) is 8.97. The van der Waals surface area contributed by atoms with E-state index in [9.17, 15) is 4.79 Å². The molecule has 0 saturated heterocycles. The Morgan fingerprint density at radius 2 is 1.94 bits per heavy atom. The molecule has 0 aliphatic heterocycles. The fourth-order valence-corrected chi connectivity index (χ4v) is 2.17. The van der Waals surface area contributed by atoms with E-state index in [4.69, 9.17) is 11.6 Å². The summed E-state index contributed by atoms with van der Waals surface area (Å²) in [7, 11) is 0. The molecule has 0 radical (unpaired) electrons. The normalized spacial score (nSPS) is 10.2. The van der Waals surface area contributed by atoms with Gasteiger partial charge in [-0.1, -0.05) is 29.4 Å². The molecule has 1 aromatic heterocycles. The number of aromatic nitrogens is 1. The van der Waals surface area contributed by atoms with Crippen LogP contribution in [-0.2, 0) is 0 Å². The molecule has 86 valence electrons. The maximum Gasteiger partial charge on any atom is 0.173 e. The third-order valence-corrected chi connectivity index (χ3v) is 3.35. The van der Waals surface area contributed by atoms with E-state index in [1.807, 2.05) is 18.2 Å². The summed E-state index contributed by atoms with van der Waals surface area (Å²) in [5.74, 6) is 0.468. The Hall–Kier alpha value is -1.32. The Bertz CT molecular complexity index is 499. The van der Waals surface area contributed by atoms with Gasteiger partial charge in [0.2, 0.25) is 0 Å².